The van der Waals surface area contributed by atoms with Crippen molar-refractivity contribution in [3.05, 3.63) is 49.7 Å². The molecule has 110 valence electrons. The minimum atomic E-state index is -0.441. The number of halogens is 2. The van der Waals surface area contributed by atoms with Crippen LogP contribution in [-0.2, 0) is 4.74 Å². The number of esters is 1. The first-order chi connectivity index (χ1) is 10.0. The summed E-state index contributed by atoms with van der Waals surface area (Å²) in [4.78, 5) is 24.0. The molecule has 21 heavy (non-hydrogen) atoms. The van der Waals surface area contributed by atoms with Crippen LogP contribution in [0.15, 0.2) is 38.6 Å². The molecule has 0 unspecified atom stereocenters. The number of benzene rings is 1. The van der Waals surface area contributed by atoms with Crippen molar-refractivity contribution in [2.75, 3.05) is 11.9 Å². The first-order valence-corrected chi connectivity index (χ1v) is 8.50. The summed E-state index contributed by atoms with van der Waals surface area (Å²) in [6, 6.07) is 6.89. The maximum atomic E-state index is 12.3. The fourth-order valence-corrected chi connectivity index (χ4v) is 3.62. The zero-order valence-corrected chi connectivity index (χ0v) is 15.0. The molecule has 0 atom stereocenters. The third-order valence-electron chi connectivity index (χ3n) is 2.56. The van der Waals surface area contributed by atoms with Crippen molar-refractivity contribution in [3.8, 4) is 0 Å². The van der Waals surface area contributed by atoms with Gasteiger partial charge in [-0.25, -0.2) is 4.79 Å². The molecule has 2 aromatic rings. The van der Waals surface area contributed by atoms with Crippen LogP contribution in [0.2, 0.25) is 0 Å². The first kappa shape index (κ1) is 16.2. The van der Waals surface area contributed by atoms with E-state index < -0.39 is 5.97 Å². The number of rotatable bonds is 4. The highest BCUT2D eigenvalue weighted by atomic mass is 79.9. The van der Waals surface area contributed by atoms with E-state index >= 15 is 0 Å². The number of hydrogen-bond donors (Lipinski definition) is 1. The number of carbonyl (C=O) groups is 2. The number of carbonyl (C=O) groups excluding carboxylic acids is 2. The van der Waals surface area contributed by atoms with Crippen LogP contribution in [0.3, 0.4) is 0 Å². The van der Waals surface area contributed by atoms with Gasteiger partial charge in [0.05, 0.1) is 17.7 Å². The molecule has 0 aliphatic rings. The van der Waals surface area contributed by atoms with Crippen LogP contribution in [0.5, 0.6) is 0 Å². The van der Waals surface area contributed by atoms with Crippen molar-refractivity contribution in [2.45, 2.75) is 6.92 Å². The summed E-state index contributed by atoms with van der Waals surface area (Å²) >= 11 is 7.96. The lowest BCUT2D eigenvalue weighted by molar-refractivity contribution is 0.0528. The predicted molar refractivity (Wildman–Crippen MR) is 90.1 cm³/mol. The molecule has 4 nitrogen and oxygen atoms in total. The van der Waals surface area contributed by atoms with Gasteiger partial charge in [0, 0.05) is 8.95 Å². The van der Waals surface area contributed by atoms with Crippen LogP contribution < -0.4 is 5.32 Å². The molecule has 1 N–H and O–H groups in total. The molecule has 1 aromatic heterocycles. The Kier molecular flexibility index (Phi) is 5.55. The van der Waals surface area contributed by atoms with Gasteiger partial charge in [-0.1, -0.05) is 15.9 Å². The third-order valence-corrected chi connectivity index (χ3v) is 4.54. The molecule has 0 aliphatic carbocycles. The number of hydrogen-bond acceptors (Lipinski definition) is 4. The molecule has 1 heterocycles. The summed E-state index contributed by atoms with van der Waals surface area (Å²) in [5.74, 6) is -0.730. The van der Waals surface area contributed by atoms with Crippen molar-refractivity contribution < 1.29 is 14.3 Å². The van der Waals surface area contributed by atoms with Crippen LogP contribution in [-0.4, -0.2) is 18.5 Å². The first-order valence-electron chi connectivity index (χ1n) is 6.04. The highest BCUT2D eigenvalue weighted by Crippen LogP contribution is 2.27. The number of anilines is 1. The van der Waals surface area contributed by atoms with Gasteiger partial charge in [0.25, 0.3) is 5.91 Å². The van der Waals surface area contributed by atoms with Crippen LogP contribution in [0.25, 0.3) is 0 Å². The molecule has 0 fully saturated rings. The molecule has 0 aliphatic heterocycles. The maximum Gasteiger partial charge on any atom is 0.341 e. The molecule has 0 bridgehead atoms. The second-order valence-electron chi connectivity index (χ2n) is 3.96. The van der Waals surface area contributed by atoms with E-state index in [0.717, 1.165) is 4.47 Å². The van der Waals surface area contributed by atoms with E-state index in [1.54, 1.807) is 36.6 Å². The zero-order chi connectivity index (χ0) is 15.4. The normalized spacial score (nSPS) is 10.2. The maximum absolute atomic E-state index is 12.3. The highest BCUT2D eigenvalue weighted by molar-refractivity contribution is 9.11. The molecular formula is C14H11Br2NO3S. The SMILES string of the molecule is CCOC(=O)c1ccsc1NC(=O)c1ccc(Br)cc1Br. The number of ether oxygens (including phenoxy) is 1. The molecule has 1 aromatic carbocycles. The van der Waals surface area contributed by atoms with E-state index in [9.17, 15) is 9.59 Å². The minimum Gasteiger partial charge on any atom is -0.462 e. The molecule has 7 heteroatoms. The lowest BCUT2D eigenvalue weighted by Gasteiger charge is -2.07. The van der Waals surface area contributed by atoms with Crippen molar-refractivity contribution in [3.63, 3.8) is 0 Å². The average Bonchev–Trinajstić information content (AvgIpc) is 2.87. The Morgan fingerprint density at radius 3 is 2.67 bits per heavy atom. The van der Waals surface area contributed by atoms with Crippen LogP contribution >= 0.6 is 43.2 Å². The van der Waals surface area contributed by atoms with Gasteiger partial charge in [0.15, 0.2) is 0 Å². The second-order valence-corrected chi connectivity index (χ2v) is 6.65. The van der Waals surface area contributed by atoms with Gasteiger partial charge in [-0.15, -0.1) is 11.3 Å². The lowest BCUT2D eigenvalue weighted by Crippen LogP contribution is -2.14. The number of thiophene rings is 1. The topological polar surface area (TPSA) is 55.4 Å². The van der Waals surface area contributed by atoms with Gasteiger partial charge in [-0.05, 0) is 52.5 Å². The Hall–Kier alpha value is -1.18. The Morgan fingerprint density at radius 1 is 1.24 bits per heavy atom. The van der Waals surface area contributed by atoms with Gasteiger partial charge in [0.1, 0.15) is 5.00 Å². The van der Waals surface area contributed by atoms with E-state index in [1.807, 2.05) is 0 Å². The molecule has 2 rings (SSSR count). The third kappa shape index (κ3) is 3.93. The van der Waals surface area contributed by atoms with E-state index in [0.29, 0.717) is 27.2 Å². The molecule has 0 radical (unpaired) electrons. The smallest absolute Gasteiger partial charge is 0.341 e. The predicted octanol–water partition coefficient (Wildman–Crippen LogP) is 4.70. The van der Waals surface area contributed by atoms with E-state index in [1.165, 1.54) is 11.3 Å². The van der Waals surface area contributed by atoms with E-state index in [2.05, 4.69) is 37.2 Å². The highest BCUT2D eigenvalue weighted by Gasteiger charge is 2.18. The van der Waals surface area contributed by atoms with Gasteiger partial charge in [0.2, 0.25) is 0 Å². The molecule has 1 amide bonds. The Balaban J connectivity index is 2.20. The summed E-state index contributed by atoms with van der Waals surface area (Å²) < 4.78 is 6.49. The van der Waals surface area contributed by atoms with Crippen molar-refractivity contribution >= 4 is 60.1 Å². The Morgan fingerprint density at radius 2 is 2.00 bits per heavy atom. The second kappa shape index (κ2) is 7.20. The van der Waals surface area contributed by atoms with Gasteiger partial charge in [-0.2, -0.15) is 0 Å². The van der Waals surface area contributed by atoms with Gasteiger partial charge >= 0.3 is 5.97 Å². The van der Waals surface area contributed by atoms with Crippen molar-refractivity contribution in [1.29, 1.82) is 0 Å². The monoisotopic (exact) mass is 431 g/mol. The van der Waals surface area contributed by atoms with Gasteiger partial charge in [-0.3, -0.25) is 4.79 Å². The molecular weight excluding hydrogens is 422 g/mol. The summed E-state index contributed by atoms with van der Waals surface area (Å²) in [6.45, 7) is 2.03. The van der Waals surface area contributed by atoms with Crippen LogP contribution in [0, 0.1) is 0 Å². The fraction of sp³-hybridized carbons (Fsp3) is 0.143. The fourth-order valence-electron chi connectivity index (χ4n) is 1.62. The Labute approximate surface area is 142 Å². The molecule has 0 saturated carbocycles. The van der Waals surface area contributed by atoms with Crippen LogP contribution in [0.4, 0.5) is 5.00 Å². The van der Waals surface area contributed by atoms with Crippen LogP contribution in [0.1, 0.15) is 27.6 Å². The molecule has 0 saturated heterocycles. The summed E-state index contributed by atoms with van der Waals surface area (Å²) in [6.07, 6.45) is 0. The summed E-state index contributed by atoms with van der Waals surface area (Å²) in [5, 5.41) is 4.95. The molecule has 0 spiro atoms. The number of nitrogens with one attached hydrogen (secondary N) is 1. The standard InChI is InChI=1S/C14H11Br2NO3S/c1-2-20-14(19)10-5-6-21-13(10)17-12(18)9-4-3-8(15)7-11(9)16/h3-7H,2H2,1H3,(H,17,18). The summed E-state index contributed by atoms with van der Waals surface area (Å²) in [5.41, 5.74) is 0.852. The number of amides is 1. The average molecular weight is 433 g/mol. The quantitative estimate of drug-likeness (QED) is 0.712. The Bertz CT molecular complexity index is 685. The zero-order valence-electron chi connectivity index (χ0n) is 11.0. The van der Waals surface area contributed by atoms with Gasteiger partial charge < -0.3 is 10.1 Å². The van der Waals surface area contributed by atoms with Crippen molar-refractivity contribution in [1.82, 2.24) is 0 Å². The van der Waals surface area contributed by atoms with E-state index in [-0.39, 0.29) is 5.91 Å². The largest absolute Gasteiger partial charge is 0.462 e. The summed E-state index contributed by atoms with van der Waals surface area (Å²) in [7, 11) is 0. The van der Waals surface area contributed by atoms with E-state index in [4.69, 9.17) is 4.74 Å². The lowest BCUT2D eigenvalue weighted by atomic mass is 10.2. The van der Waals surface area contributed by atoms with Crippen molar-refractivity contribution in [2.24, 2.45) is 0 Å². The minimum absolute atomic E-state index is 0.289.